The number of nitrogens with one attached hydrogen (secondary N) is 4. The molecule has 0 fully saturated rings. The summed E-state index contributed by atoms with van der Waals surface area (Å²) in [6.45, 7) is 3.12. The molecule has 3 aromatic rings. The number of fused-ring (bicyclic) bond motifs is 1. The molecule has 0 aliphatic rings. The number of thioether (sulfide) groups is 1. The molecule has 1 unspecified atom stereocenters. The topological polar surface area (TPSA) is 133 Å². The normalized spacial score (nSPS) is 11.5. The predicted molar refractivity (Wildman–Crippen MR) is 114 cm³/mol. The van der Waals surface area contributed by atoms with Gasteiger partial charge in [-0.25, -0.2) is 5.10 Å². The maximum absolute atomic E-state index is 12.4. The van der Waals surface area contributed by atoms with Crippen molar-refractivity contribution in [1.29, 1.82) is 0 Å². The van der Waals surface area contributed by atoms with Crippen LogP contribution in [0.3, 0.4) is 0 Å². The molecule has 3 amide bonds. The number of hydrogen-bond donors (Lipinski definition) is 4. The van der Waals surface area contributed by atoms with Crippen LogP contribution in [0.25, 0.3) is 10.8 Å². The highest BCUT2D eigenvalue weighted by atomic mass is 32.2. The molecule has 1 heterocycles. The van der Waals surface area contributed by atoms with E-state index in [4.69, 9.17) is 0 Å². The Labute approximate surface area is 175 Å². The third kappa shape index (κ3) is 5.03. The maximum Gasteiger partial charge on any atom is 0.290 e. The number of carbonyl (C=O) groups is 3. The average molecular weight is 425 g/mol. The standard InChI is InChI=1S/C20H19N5O4S/c1-11(30-14-9-7-13(8-10-14)21-12(2)26)18(27)23-25-20(29)17-15-5-3-4-6-16(15)19(28)24-22-17/h3-11H,1-2H3,(H,21,26)(H,23,27)(H,24,28)(H,25,29). The van der Waals surface area contributed by atoms with Gasteiger partial charge in [0.25, 0.3) is 17.4 Å². The molecule has 0 saturated heterocycles. The third-order valence-corrected chi connectivity index (χ3v) is 5.18. The second-order valence-electron chi connectivity index (χ2n) is 6.36. The minimum absolute atomic E-state index is 0.000587. The molecule has 10 heteroatoms. The first kappa shape index (κ1) is 21.1. The van der Waals surface area contributed by atoms with Gasteiger partial charge in [-0.05, 0) is 37.3 Å². The summed E-state index contributed by atoms with van der Waals surface area (Å²) < 4.78 is 0. The molecule has 1 atom stereocenters. The molecule has 1 aromatic heterocycles. The van der Waals surface area contributed by atoms with Gasteiger partial charge in [-0.15, -0.1) is 11.8 Å². The van der Waals surface area contributed by atoms with E-state index < -0.39 is 22.6 Å². The van der Waals surface area contributed by atoms with E-state index in [9.17, 15) is 19.2 Å². The van der Waals surface area contributed by atoms with Gasteiger partial charge in [-0.2, -0.15) is 5.10 Å². The molecule has 0 aliphatic carbocycles. The summed E-state index contributed by atoms with van der Waals surface area (Å²) in [5.74, 6) is -1.22. The van der Waals surface area contributed by atoms with Crippen LogP contribution < -0.4 is 21.7 Å². The van der Waals surface area contributed by atoms with Gasteiger partial charge in [-0.3, -0.25) is 30.0 Å². The molecule has 0 radical (unpaired) electrons. The number of hydrazine groups is 1. The van der Waals surface area contributed by atoms with Crippen LogP contribution in [-0.2, 0) is 9.59 Å². The van der Waals surface area contributed by atoms with Crippen LogP contribution in [0.4, 0.5) is 5.69 Å². The summed E-state index contributed by atoms with van der Waals surface area (Å²) >= 11 is 1.29. The van der Waals surface area contributed by atoms with Crippen molar-refractivity contribution in [1.82, 2.24) is 21.0 Å². The highest BCUT2D eigenvalue weighted by molar-refractivity contribution is 8.00. The lowest BCUT2D eigenvalue weighted by molar-refractivity contribution is -0.121. The Hall–Kier alpha value is -3.66. The van der Waals surface area contributed by atoms with E-state index in [-0.39, 0.29) is 11.6 Å². The molecule has 154 valence electrons. The molecule has 9 nitrogen and oxygen atoms in total. The molecule has 30 heavy (non-hydrogen) atoms. The fourth-order valence-corrected chi connectivity index (χ4v) is 3.51. The second kappa shape index (κ2) is 9.23. The van der Waals surface area contributed by atoms with Crippen molar-refractivity contribution in [3.8, 4) is 0 Å². The van der Waals surface area contributed by atoms with Gasteiger partial charge in [0.05, 0.1) is 10.6 Å². The smallest absolute Gasteiger partial charge is 0.290 e. The van der Waals surface area contributed by atoms with Crippen molar-refractivity contribution in [3.05, 3.63) is 64.6 Å². The van der Waals surface area contributed by atoms with Gasteiger partial charge in [0, 0.05) is 22.9 Å². The fraction of sp³-hybridized carbons (Fsp3) is 0.150. The average Bonchev–Trinajstić information content (AvgIpc) is 2.73. The Bertz CT molecular complexity index is 1160. The lowest BCUT2D eigenvalue weighted by atomic mass is 10.1. The molecular formula is C20H19N5O4S. The summed E-state index contributed by atoms with van der Waals surface area (Å²) in [4.78, 5) is 48.5. The van der Waals surface area contributed by atoms with Crippen LogP contribution in [0.15, 0.2) is 58.2 Å². The number of anilines is 1. The zero-order valence-electron chi connectivity index (χ0n) is 16.2. The molecule has 0 aliphatic heterocycles. The summed E-state index contributed by atoms with van der Waals surface area (Å²) in [5, 5.41) is 8.94. The quantitative estimate of drug-likeness (QED) is 0.364. The van der Waals surface area contributed by atoms with Crippen LogP contribution in [-0.4, -0.2) is 33.2 Å². The van der Waals surface area contributed by atoms with Crippen LogP contribution in [0.5, 0.6) is 0 Å². The summed E-state index contributed by atoms with van der Waals surface area (Å²) in [6, 6.07) is 13.6. The molecule has 4 N–H and O–H groups in total. The Morgan fingerprint density at radius 2 is 1.67 bits per heavy atom. The number of amides is 3. The number of nitrogens with zero attached hydrogens (tertiary/aromatic N) is 1. The molecular weight excluding hydrogens is 406 g/mol. The Balaban J connectivity index is 1.60. The van der Waals surface area contributed by atoms with Crippen LogP contribution in [0.1, 0.15) is 24.3 Å². The maximum atomic E-state index is 12.4. The number of aromatic nitrogens is 2. The van der Waals surface area contributed by atoms with E-state index in [1.54, 1.807) is 55.5 Å². The van der Waals surface area contributed by atoms with E-state index in [2.05, 4.69) is 26.4 Å². The molecule has 2 aromatic carbocycles. The lowest BCUT2D eigenvalue weighted by Crippen LogP contribution is -2.45. The predicted octanol–water partition coefficient (Wildman–Crippen LogP) is 1.82. The van der Waals surface area contributed by atoms with Crippen molar-refractivity contribution in [2.24, 2.45) is 0 Å². The van der Waals surface area contributed by atoms with Gasteiger partial charge in [-0.1, -0.05) is 18.2 Å². The van der Waals surface area contributed by atoms with Crippen molar-refractivity contribution in [3.63, 3.8) is 0 Å². The summed E-state index contributed by atoms with van der Waals surface area (Å²) in [7, 11) is 0. The van der Waals surface area contributed by atoms with Crippen molar-refractivity contribution >= 4 is 45.9 Å². The number of carbonyl (C=O) groups excluding carboxylic acids is 3. The highest BCUT2D eigenvalue weighted by Crippen LogP contribution is 2.24. The number of rotatable bonds is 5. The molecule has 0 saturated carbocycles. The van der Waals surface area contributed by atoms with Crippen molar-refractivity contribution in [2.45, 2.75) is 24.0 Å². The minimum Gasteiger partial charge on any atom is -0.326 e. The first-order chi connectivity index (χ1) is 14.3. The second-order valence-corrected chi connectivity index (χ2v) is 7.77. The van der Waals surface area contributed by atoms with Gasteiger partial charge in [0.1, 0.15) is 0 Å². The molecule has 0 bridgehead atoms. The Morgan fingerprint density at radius 1 is 1.00 bits per heavy atom. The minimum atomic E-state index is -0.646. The highest BCUT2D eigenvalue weighted by Gasteiger charge is 2.18. The van der Waals surface area contributed by atoms with Gasteiger partial charge in [0.15, 0.2) is 5.69 Å². The van der Waals surface area contributed by atoms with E-state index in [1.807, 2.05) is 0 Å². The third-order valence-electron chi connectivity index (χ3n) is 4.07. The van der Waals surface area contributed by atoms with Gasteiger partial charge < -0.3 is 5.32 Å². The van der Waals surface area contributed by atoms with E-state index >= 15 is 0 Å². The lowest BCUT2D eigenvalue weighted by Gasteiger charge is -2.13. The summed E-state index contributed by atoms with van der Waals surface area (Å²) in [5.41, 5.74) is 4.95. The summed E-state index contributed by atoms with van der Waals surface area (Å²) in [6.07, 6.45) is 0. The molecule has 0 spiro atoms. The van der Waals surface area contributed by atoms with E-state index in [0.29, 0.717) is 16.5 Å². The Kier molecular flexibility index (Phi) is 6.48. The van der Waals surface area contributed by atoms with Gasteiger partial charge in [0.2, 0.25) is 5.91 Å². The fourth-order valence-electron chi connectivity index (χ4n) is 2.64. The number of hydrogen-bond acceptors (Lipinski definition) is 6. The number of aromatic amines is 1. The van der Waals surface area contributed by atoms with E-state index in [0.717, 1.165) is 4.90 Å². The van der Waals surface area contributed by atoms with Crippen molar-refractivity contribution < 1.29 is 14.4 Å². The van der Waals surface area contributed by atoms with Crippen LogP contribution in [0.2, 0.25) is 0 Å². The largest absolute Gasteiger partial charge is 0.326 e. The molecule has 3 rings (SSSR count). The van der Waals surface area contributed by atoms with Crippen LogP contribution in [0, 0.1) is 0 Å². The zero-order chi connectivity index (χ0) is 21.7. The Morgan fingerprint density at radius 3 is 2.33 bits per heavy atom. The SMILES string of the molecule is CC(=O)Nc1ccc(SC(C)C(=O)NNC(=O)c2n[nH]c(=O)c3ccccc23)cc1. The van der Waals surface area contributed by atoms with E-state index in [1.165, 1.54) is 18.7 Å². The first-order valence-corrected chi connectivity index (χ1v) is 9.85. The van der Waals surface area contributed by atoms with Gasteiger partial charge >= 0.3 is 0 Å². The monoisotopic (exact) mass is 425 g/mol. The number of H-pyrrole nitrogens is 1. The zero-order valence-corrected chi connectivity index (χ0v) is 17.0. The first-order valence-electron chi connectivity index (χ1n) is 8.97. The van der Waals surface area contributed by atoms with Crippen LogP contribution >= 0.6 is 11.8 Å². The van der Waals surface area contributed by atoms with Crippen molar-refractivity contribution in [2.75, 3.05) is 5.32 Å². The number of benzene rings is 2.